The van der Waals surface area contributed by atoms with Gasteiger partial charge in [0.1, 0.15) is 0 Å². The third kappa shape index (κ3) is 3.34. The smallest absolute Gasteiger partial charge is 0.305 e. The SMILES string of the molecule is COC(=O)CCCc1nc(-c2ccns2)cs1. The number of nitrogens with zero attached hydrogens (tertiary/aromatic N) is 2. The number of methoxy groups -OCH3 is 1. The predicted molar refractivity (Wildman–Crippen MR) is 68.2 cm³/mol. The predicted octanol–water partition coefficient (Wildman–Crippen LogP) is 2.76. The summed E-state index contributed by atoms with van der Waals surface area (Å²) in [6, 6.07) is 1.96. The fraction of sp³-hybridized carbons (Fsp3) is 0.364. The van der Waals surface area contributed by atoms with E-state index in [0.717, 1.165) is 28.4 Å². The van der Waals surface area contributed by atoms with Crippen LogP contribution in [-0.2, 0) is 16.0 Å². The fourth-order valence-electron chi connectivity index (χ4n) is 1.37. The van der Waals surface area contributed by atoms with Gasteiger partial charge in [0.05, 0.1) is 22.7 Å². The summed E-state index contributed by atoms with van der Waals surface area (Å²) in [5.74, 6) is -0.163. The van der Waals surface area contributed by atoms with Crippen LogP contribution < -0.4 is 0 Å². The number of hydrogen-bond acceptors (Lipinski definition) is 6. The number of aryl methyl sites for hydroxylation is 1. The molecule has 6 heteroatoms. The van der Waals surface area contributed by atoms with Gasteiger partial charge in [-0.05, 0) is 30.4 Å². The van der Waals surface area contributed by atoms with Crippen LogP contribution in [0.1, 0.15) is 17.8 Å². The van der Waals surface area contributed by atoms with Gasteiger partial charge >= 0.3 is 5.97 Å². The monoisotopic (exact) mass is 268 g/mol. The van der Waals surface area contributed by atoms with Gasteiger partial charge in [0.15, 0.2) is 0 Å². The Kier molecular flexibility index (Phi) is 4.22. The molecular weight excluding hydrogens is 256 g/mol. The van der Waals surface area contributed by atoms with Crippen LogP contribution in [0.2, 0.25) is 0 Å². The first kappa shape index (κ1) is 12.2. The molecule has 0 amide bonds. The van der Waals surface area contributed by atoms with Crippen LogP contribution in [0.5, 0.6) is 0 Å². The summed E-state index contributed by atoms with van der Waals surface area (Å²) < 4.78 is 8.64. The molecule has 90 valence electrons. The lowest BCUT2D eigenvalue weighted by Gasteiger charge is -1.96. The zero-order valence-corrected chi connectivity index (χ0v) is 11.0. The second kappa shape index (κ2) is 5.88. The third-order valence-corrected chi connectivity index (χ3v) is 3.92. The van der Waals surface area contributed by atoms with Gasteiger partial charge in [-0.15, -0.1) is 11.3 Å². The van der Waals surface area contributed by atoms with Crippen molar-refractivity contribution in [3.63, 3.8) is 0 Å². The molecule has 2 aromatic heterocycles. The van der Waals surface area contributed by atoms with Gasteiger partial charge in [-0.2, -0.15) is 0 Å². The van der Waals surface area contributed by atoms with Gasteiger partial charge in [-0.3, -0.25) is 4.79 Å². The standard InChI is InChI=1S/C11H12N2O2S2/c1-15-11(14)4-2-3-10-13-8(7-16-10)9-5-6-12-17-9/h5-7H,2-4H2,1H3. The molecule has 0 bridgehead atoms. The van der Waals surface area contributed by atoms with E-state index in [2.05, 4.69) is 14.1 Å². The van der Waals surface area contributed by atoms with Gasteiger partial charge in [0, 0.05) is 18.0 Å². The maximum absolute atomic E-state index is 10.9. The number of rotatable bonds is 5. The van der Waals surface area contributed by atoms with Gasteiger partial charge in [0.2, 0.25) is 0 Å². The molecular formula is C11H12N2O2S2. The van der Waals surface area contributed by atoms with Crippen molar-refractivity contribution in [3.8, 4) is 10.6 Å². The van der Waals surface area contributed by atoms with Gasteiger partial charge in [-0.25, -0.2) is 9.36 Å². The maximum Gasteiger partial charge on any atom is 0.305 e. The van der Waals surface area contributed by atoms with Crippen molar-refractivity contribution < 1.29 is 9.53 Å². The fourth-order valence-corrected chi connectivity index (χ4v) is 2.84. The number of thiazole rings is 1. The molecule has 17 heavy (non-hydrogen) atoms. The lowest BCUT2D eigenvalue weighted by atomic mass is 10.2. The molecule has 0 spiro atoms. The first-order valence-electron chi connectivity index (χ1n) is 5.22. The zero-order chi connectivity index (χ0) is 12.1. The molecule has 0 N–H and O–H groups in total. The molecule has 0 aromatic carbocycles. The third-order valence-electron chi connectivity index (χ3n) is 2.24. The topological polar surface area (TPSA) is 52.1 Å². The van der Waals surface area contributed by atoms with Crippen molar-refractivity contribution >= 4 is 28.8 Å². The first-order valence-corrected chi connectivity index (χ1v) is 6.87. The molecule has 0 aliphatic carbocycles. The van der Waals surface area contributed by atoms with Crippen molar-refractivity contribution in [2.45, 2.75) is 19.3 Å². The molecule has 0 aliphatic rings. The van der Waals surface area contributed by atoms with Crippen molar-refractivity contribution in [3.05, 3.63) is 22.7 Å². The van der Waals surface area contributed by atoms with Gasteiger partial charge in [-0.1, -0.05) is 0 Å². The van der Waals surface area contributed by atoms with Crippen LogP contribution in [0.25, 0.3) is 10.6 Å². The van der Waals surface area contributed by atoms with E-state index in [1.54, 1.807) is 17.5 Å². The van der Waals surface area contributed by atoms with E-state index in [1.165, 1.54) is 18.6 Å². The molecule has 0 saturated carbocycles. The van der Waals surface area contributed by atoms with E-state index in [4.69, 9.17) is 0 Å². The van der Waals surface area contributed by atoms with Crippen LogP contribution in [-0.4, -0.2) is 22.4 Å². The van der Waals surface area contributed by atoms with Gasteiger partial charge in [0.25, 0.3) is 0 Å². The van der Waals surface area contributed by atoms with Crippen LogP contribution in [0.15, 0.2) is 17.6 Å². The van der Waals surface area contributed by atoms with Crippen LogP contribution in [0, 0.1) is 0 Å². The average Bonchev–Trinajstić information content (AvgIpc) is 2.98. The molecule has 0 atom stereocenters. The summed E-state index contributed by atoms with van der Waals surface area (Å²) in [6.07, 6.45) is 3.82. The van der Waals surface area contributed by atoms with E-state index in [-0.39, 0.29) is 5.97 Å². The molecule has 0 aliphatic heterocycles. The van der Waals surface area contributed by atoms with Gasteiger partial charge < -0.3 is 4.74 Å². The Morgan fingerprint density at radius 3 is 3.12 bits per heavy atom. The average molecular weight is 268 g/mol. The highest BCUT2D eigenvalue weighted by Gasteiger charge is 2.07. The summed E-state index contributed by atoms with van der Waals surface area (Å²) >= 11 is 3.06. The number of carbonyl (C=O) groups excluding carboxylic acids is 1. The van der Waals surface area contributed by atoms with Crippen LogP contribution >= 0.6 is 22.9 Å². The normalized spacial score (nSPS) is 10.4. The van der Waals surface area contributed by atoms with Crippen LogP contribution in [0.3, 0.4) is 0 Å². The maximum atomic E-state index is 10.9. The second-order valence-corrected chi connectivity index (χ2v) is 5.21. The van der Waals surface area contributed by atoms with E-state index >= 15 is 0 Å². The number of hydrogen-bond donors (Lipinski definition) is 0. The number of aromatic nitrogens is 2. The van der Waals surface area contributed by atoms with Crippen LogP contribution in [0.4, 0.5) is 0 Å². The molecule has 0 saturated heterocycles. The van der Waals surface area contributed by atoms with Crippen molar-refractivity contribution in [1.82, 2.24) is 9.36 Å². The second-order valence-electron chi connectivity index (χ2n) is 3.43. The van der Waals surface area contributed by atoms with Crippen molar-refractivity contribution in [1.29, 1.82) is 0 Å². The largest absolute Gasteiger partial charge is 0.469 e. The Bertz CT molecular complexity index is 479. The molecule has 2 rings (SSSR count). The molecule has 2 heterocycles. The molecule has 0 radical (unpaired) electrons. The Hall–Kier alpha value is -1.27. The summed E-state index contributed by atoms with van der Waals surface area (Å²) in [7, 11) is 1.41. The van der Waals surface area contributed by atoms with E-state index in [0.29, 0.717) is 6.42 Å². The minimum atomic E-state index is -0.163. The highest BCUT2D eigenvalue weighted by molar-refractivity contribution is 7.11. The Balaban J connectivity index is 1.89. The zero-order valence-electron chi connectivity index (χ0n) is 9.38. The molecule has 4 nitrogen and oxygen atoms in total. The molecule has 0 unspecified atom stereocenters. The van der Waals surface area contributed by atoms with E-state index in [1.807, 2.05) is 11.4 Å². The minimum absolute atomic E-state index is 0.163. The Morgan fingerprint density at radius 2 is 2.41 bits per heavy atom. The summed E-state index contributed by atoms with van der Waals surface area (Å²) in [5, 5.41) is 3.08. The number of ether oxygens (including phenoxy) is 1. The summed E-state index contributed by atoms with van der Waals surface area (Å²) in [4.78, 5) is 16.5. The Labute approximate surface area is 107 Å². The lowest BCUT2D eigenvalue weighted by Crippen LogP contribution is -2.00. The summed E-state index contributed by atoms with van der Waals surface area (Å²) in [5.41, 5.74) is 0.977. The van der Waals surface area contributed by atoms with Crippen molar-refractivity contribution in [2.24, 2.45) is 0 Å². The lowest BCUT2D eigenvalue weighted by molar-refractivity contribution is -0.140. The summed E-state index contributed by atoms with van der Waals surface area (Å²) in [6.45, 7) is 0. The minimum Gasteiger partial charge on any atom is -0.469 e. The van der Waals surface area contributed by atoms with Crippen molar-refractivity contribution in [2.75, 3.05) is 7.11 Å². The van der Waals surface area contributed by atoms with E-state index < -0.39 is 0 Å². The molecule has 0 fully saturated rings. The number of esters is 1. The first-order chi connectivity index (χ1) is 8.29. The van der Waals surface area contributed by atoms with E-state index in [9.17, 15) is 4.79 Å². The molecule has 2 aromatic rings. The Morgan fingerprint density at radius 1 is 1.53 bits per heavy atom. The quantitative estimate of drug-likeness (QED) is 0.782. The highest BCUT2D eigenvalue weighted by atomic mass is 32.1. The number of carbonyl (C=O) groups is 1. The highest BCUT2D eigenvalue weighted by Crippen LogP contribution is 2.25.